The van der Waals surface area contributed by atoms with Gasteiger partial charge in [0.1, 0.15) is 17.5 Å². The van der Waals surface area contributed by atoms with Crippen molar-refractivity contribution >= 4 is 11.8 Å². The molecule has 0 amide bonds. The lowest BCUT2D eigenvalue weighted by Crippen LogP contribution is -2.59. The largest absolute Gasteiger partial charge is 0.462 e. The zero-order valence-corrected chi connectivity index (χ0v) is 17.3. The fourth-order valence-electron chi connectivity index (χ4n) is 8.64. The quantitative estimate of drug-likeness (QED) is 0.534. The first kappa shape index (κ1) is 18.1. The van der Waals surface area contributed by atoms with Crippen LogP contribution in [0.1, 0.15) is 79.1 Å². The summed E-state index contributed by atoms with van der Waals surface area (Å²) < 4.78 is 12.1. The molecule has 0 N–H and O–H groups in total. The predicted molar refractivity (Wildman–Crippen MR) is 101 cm³/mol. The lowest BCUT2D eigenvalue weighted by Gasteiger charge is -2.59. The SMILES string of the molecule is CC(=O)O[C@H]1CC[C@]2(C)[C@H]3CC[C@]4(C)[C@@H](C(C)=O)CC[C@H]4[C@@H]3C[C@H]3O[C@]32C1. The van der Waals surface area contributed by atoms with E-state index in [4.69, 9.17) is 9.47 Å². The molecule has 5 rings (SSSR count). The van der Waals surface area contributed by atoms with Crippen molar-refractivity contribution in [3.8, 4) is 0 Å². The maximum absolute atomic E-state index is 12.3. The third kappa shape index (κ3) is 2.25. The molecule has 0 radical (unpaired) electrons. The Morgan fingerprint density at radius 3 is 2.48 bits per heavy atom. The molecular formula is C23H34O4. The van der Waals surface area contributed by atoms with Crippen LogP contribution in [-0.2, 0) is 19.1 Å². The van der Waals surface area contributed by atoms with E-state index < -0.39 is 0 Å². The predicted octanol–water partition coefficient (Wildman–Crippen LogP) is 4.30. The number of epoxide rings is 1. The molecule has 0 aromatic carbocycles. The third-order valence-corrected chi connectivity index (χ3v) is 9.86. The van der Waals surface area contributed by atoms with Gasteiger partial charge in [0.2, 0.25) is 0 Å². The first-order valence-electron chi connectivity index (χ1n) is 11.1. The van der Waals surface area contributed by atoms with Gasteiger partial charge in [-0.2, -0.15) is 0 Å². The Kier molecular flexibility index (Phi) is 3.75. The van der Waals surface area contributed by atoms with Gasteiger partial charge < -0.3 is 9.47 Å². The number of Topliss-reactive ketones (excluding diaryl/α,β-unsaturated/α-hetero) is 1. The lowest BCUT2D eigenvalue weighted by molar-refractivity contribution is -0.158. The van der Waals surface area contributed by atoms with Crippen LogP contribution in [0.4, 0.5) is 0 Å². The van der Waals surface area contributed by atoms with E-state index in [1.54, 1.807) is 6.92 Å². The summed E-state index contributed by atoms with van der Waals surface area (Å²) in [6, 6.07) is 0. The maximum Gasteiger partial charge on any atom is 0.302 e. The number of hydrogen-bond donors (Lipinski definition) is 0. The summed E-state index contributed by atoms with van der Waals surface area (Å²) in [7, 11) is 0. The van der Waals surface area contributed by atoms with Gasteiger partial charge in [0, 0.05) is 24.7 Å². The molecule has 9 atom stereocenters. The number of carbonyl (C=O) groups excluding carboxylic acids is 2. The van der Waals surface area contributed by atoms with E-state index in [1.807, 2.05) is 0 Å². The number of ether oxygens (including phenoxy) is 2. The number of hydrogen-bond acceptors (Lipinski definition) is 4. The number of rotatable bonds is 2. The smallest absolute Gasteiger partial charge is 0.302 e. The van der Waals surface area contributed by atoms with E-state index in [-0.39, 0.29) is 34.4 Å². The van der Waals surface area contributed by atoms with Crippen LogP contribution in [0.3, 0.4) is 0 Å². The van der Waals surface area contributed by atoms with Crippen LogP contribution in [0, 0.1) is 34.5 Å². The Morgan fingerprint density at radius 2 is 1.78 bits per heavy atom. The Balaban J connectivity index is 1.42. The van der Waals surface area contributed by atoms with Crippen LogP contribution in [0.2, 0.25) is 0 Å². The summed E-state index contributed by atoms with van der Waals surface area (Å²) in [6.07, 6.45) is 9.18. The van der Waals surface area contributed by atoms with Crippen LogP contribution in [0.15, 0.2) is 0 Å². The van der Waals surface area contributed by atoms with Gasteiger partial charge in [0.15, 0.2) is 0 Å². The summed E-state index contributed by atoms with van der Waals surface area (Å²) in [5, 5.41) is 0. The van der Waals surface area contributed by atoms with Crippen molar-refractivity contribution in [2.45, 2.75) is 96.9 Å². The van der Waals surface area contributed by atoms with Gasteiger partial charge in [0.05, 0.1) is 6.10 Å². The highest BCUT2D eigenvalue weighted by Gasteiger charge is 2.76. The molecular weight excluding hydrogens is 340 g/mol. The molecule has 1 aliphatic heterocycles. The van der Waals surface area contributed by atoms with Crippen LogP contribution >= 0.6 is 0 Å². The second kappa shape index (κ2) is 5.58. The summed E-state index contributed by atoms with van der Waals surface area (Å²) in [6.45, 7) is 8.19. The fraction of sp³-hybridized carbons (Fsp3) is 0.913. The Morgan fingerprint density at radius 1 is 1.00 bits per heavy atom. The average Bonchev–Trinajstić information content (AvgIpc) is 3.15. The van der Waals surface area contributed by atoms with Crippen LogP contribution < -0.4 is 0 Å². The standard InChI is InChI=1S/C23H34O4/c1-13(24)17-5-6-18-16-11-20-23(27-20)12-15(26-14(2)25)7-10-22(23,4)19(16)8-9-21(17,18)3/h15-20H,5-12H2,1-4H3/t15-,16-,17+,18-,19-,20+,21+,22+,23+/m0/s1. The summed E-state index contributed by atoms with van der Waals surface area (Å²) in [5.74, 6) is 2.57. The van der Waals surface area contributed by atoms with Crippen molar-refractivity contribution < 1.29 is 19.1 Å². The van der Waals surface area contributed by atoms with Crippen molar-refractivity contribution in [1.82, 2.24) is 0 Å². The van der Waals surface area contributed by atoms with Crippen LogP contribution in [0.5, 0.6) is 0 Å². The van der Waals surface area contributed by atoms with Gasteiger partial charge in [-0.05, 0) is 75.0 Å². The molecule has 4 heteroatoms. The molecule has 1 spiro atoms. The topological polar surface area (TPSA) is 55.9 Å². The van der Waals surface area contributed by atoms with Gasteiger partial charge >= 0.3 is 5.97 Å². The number of fused-ring (bicyclic) bond motifs is 4. The van der Waals surface area contributed by atoms with E-state index >= 15 is 0 Å². The van der Waals surface area contributed by atoms with E-state index in [0.29, 0.717) is 29.6 Å². The monoisotopic (exact) mass is 374 g/mol. The molecule has 27 heavy (non-hydrogen) atoms. The highest BCUT2D eigenvalue weighted by Crippen LogP contribution is 2.74. The van der Waals surface area contributed by atoms with Crippen molar-refractivity contribution in [3.05, 3.63) is 0 Å². The highest BCUT2D eigenvalue weighted by atomic mass is 16.6. The molecule has 5 fully saturated rings. The molecule has 150 valence electrons. The number of esters is 1. The molecule has 4 aliphatic carbocycles. The Labute approximate surface area is 162 Å². The molecule has 0 bridgehead atoms. The molecule has 5 aliphatic rings. The molecule has 4 saturated carbocycles. The van der Waals surface area contributed by atoms with E-state index in [9.17, 15) is 9.59 Å². The van der Waals surface area contributed by atoms with Crippen molar-refractivity contribution in [1.29, 1.82) is 0 Å². The zero-order valence-electron chi connectivity index (χ0n) is 17.3. The second-order valence-electron chi connectivity index (χ2n) is 10.8. The van der Waals surface area contributed by atoms with Crippen LogP contribution in [0.25, 0.3) is 0 Å². The first-order chi connectivity index (χ1) is 12.7. The Hall–Kier alpha value is -0.900. The Bertz CT molecular complexity index is 688. The zero-order chi connectivity index (χ0) is 19.2. The van der Waals surface area contributed by atoms with Gasteiger partial charge in [-0.1, -0.05) is 13.8 Å². The van der Waals surface area contributed by atoms with Gasteiger partial charge in [-0.15, -0.1) is 0 Å². The summed E-state index contributed by atoms with van der Waals surface area (Å²) in [4.78, 5) is 23.7. The average molecular weight is 375 g/mol. The van der Waals surface area contributed by atoms with E-state index in [0.717, 1.165) is 32.1 Å². The third-order valence-electron chi connectivity index (χ3n) is 9.86. The number of carbonyl (C=O) groups is 2. The summed E-state index contributed by atoms with van der Waals surface area (Å²) >= 11 is 0. The number of ketones is 1. The molecule has 1 heterocycles. The van der Waals surface area contributed by atoms with Crippen LogP contribution in [-0.4, -0.2) is 29.6 Å². The van der Waals surface area contributed by atoms with Crippen molar-refractivity contribution in [2.24, 2.45) is 34.5 Å². The second-order valence-corrected chi connectivity index (χ2v) is 10.8. The molecule has 1 saturated heterocycles. The minimum Gasteiger partial charge on any atom is -0.462 e. The molecule has 4 nitrogen and oxygen atoms in total. The van der Waals surface area contributed by atoms with E-state index in [1.165, 1.54) is 26.2 Å². The lowest BCUT2D eigenvalue weighted by atomic mass is 9.44. The maximum atomic E-state index is 12.3. The van der Waals surface area contributed by atoms with Gasteiger partial charge in [-0.25, -0.2) is 0 Å². The van der Waals surface area contributed by atoms with E-state index in [2.05, 4.69) is 13.8 Å². The summed E-state index contributed by atoms with van der Waals surface area (Å²) in [5.41, 5.74) is 0.346. The van der Waals surface area contributed by atoms with Gasteiger partial charge in [-0.3, -0.25) is 9.59 Å². The molecule has 0 unspecified atom stereocenters. The minimum atomic E-state index is -0.166. The molecule has 0 aromatic heterocycles. The fourth-order valence-corrected chi connectivity index (χ4v) is 8.64. The van der Waals surface area contributed by atoms with Gasteiger partial charge in [0.25, 0.3) is 0 Å². The molecule has 0 aromatic rings. The van der Waals surface area contributed by atoms with Crippen molar-refractivity contribution in [3.63, 3.8) is 0 Å². The first-order valence-corrected chi connectivity index (χ1v) is 11.1. The highest BCUT2D eigenvalue weighted by molar-refractivity contribution is 5.79. The minimum absolute atomic E-state index is 0.0274. The van der Waals surface area contributed by atoms with Crippen molar-refractivity contribution in [2.75, 3.05) is 0 Å². The normalized spacial score (nSPS) is 55.6.